The molecule has 21 heavy (non-hydrogen) atoms. The second-order valence-electron chi connectivity index (χ2n) is 5.68. The number of carbonyl (C=O) groups excluding carboxylic acids is 1. The average molecular weight is 284 g/mol. The maximum Gasteiger partial charge on any atom is 0.245 e. The molecule has 0 N–H and O–H groups in total. The van der Waals surface area contributed by atoms with Crippen molar-refractivity contribution in [2.75, 3.05) is 13.1 Å². The van der Waals surface area contributed by atoms with Gasteiger partial charge in [-0.05, 0) is 38.8 Å². The molecule has 0 spiro atoms. The normalized spacial score (nSPS) is 16.4. The van der Waals surface area contributed by atoms with Gasteiger partial charge in [-0.15, -0.1) is 0 Å². The van der Waals surface area contributed by atoms with Crippen molar-refractivity contribution in [3.63, 3.8) is 0 Å². The molecule has 3 rings (SSSR count). The van der Waals surface area contributed by atoms with Gasteiger partial charge in [0.1, 0.15) is 0 Å². The predicted molar refractivity (Wildman–Crippen MR) is 81.2 cm³/mol. The molecule has 1 aliphatic rings. The largest absolute Gasteiger partial charge is 0.339 e. The summed E-state index contributed by atoms with van der Waals surface area (Å²) in [7, 11) is 0. The number of piperidine rings is 1. The van der Waals surface area contributed by atoms with Crippen LogP contribution in [0.3, 0.4) is 0 Å². The van der Waals surface area contributed by atoms with E-state index in [2.05, 4.69) is 24.7 Å². The summed E-state index contributed by atoms with van der Waals surface area (Å²) in [6.07, 6.45) is 3.30. The van der Waals surface area contributed by atoms with E-state index in [9.17, 15) is 4.79 Å². The number of rotatable bonds is 2. The van der Waals surface area contributed by atoms with Gasteiger partial charge >= 0.3 is 0 Å². The molecule has 5 nitrogen and oxygen atoms in total. The molecule has 1 aliphatic heterocycles. The van der Waals surface area contributed by atoms with E-state index in [4.69, 9.17) is 4.98 Å². The third kappa shape index (κ3) is 2.55. The van der Waals surface area contributed by atoms with Crippen LogP contribution in [-0.4, -0.2) is 38.5 Å². The quantitative estimate of drug-likeness (QED) is 0.795. The predicted octanol–water partition coefficient (Wildman–Crippen LogP) is 2.24. The second kappa shape index (κ2) is 5.31. The molecular formula is C16H20N4O. The first-order valence-electron chi connectivity index (χ1n) is 7.34. The lowest BCUT2D eigenvalue weighted by Gasteiger charge is -2.31. The zero-order valence-electron chi connectivity index (χ0n) is 12.5. The fourth-order valence-electron chi connectivity index (χ4n) is 3.00. The van der Waals surface area contributed by atoms with Gasteiger partial charge in [0.2, 0.25) is 5.91 Å². The maximum atomic E-state index is 11.6. The second-order valence-corrected chi connectivity index (χ2v) is 5.68. The van der Waals surface area contributed by atoms with Gasteiger partial charge in [0.05, 0.1) is 5.69 Å². The van der Waals surface area contributed by atoms with Gasteiger partial charge in [-0.2, -0.15) is 5.10 Å². The zero-order valence-corrected chi connectivity index (χ0v) is 12.5. The standard InChI is InChI=1S/C16H20N4O/c1-4-16(21)19-7-5-13(6-8-19)14-10-12(3)20-15(17-14)9-11(2)18-20/h4,9-10,13H,1,5-8H2,2-3H3. The van der Waals surface area contributed by atoms with E-state index in [1.54, 1.807) is 0 Å². The van der Waals surface area contributed by atoms with Crippen molar-refractivity contribution in [2.24, 2.45) is 0 Å². The molecule has 0 radical (unpaired) electrons. The van der Waals surface area contributed by atoms with Gasteiger partial charge in [0.25, 0.3) is 0 Å². The highest BCUT2D eigenvalue weighted by molar-refractivity contribution is 5.87. The fraction of sp³-hybridized carbons (Fsp3) is 0.438. The molecular weight excluding hydrogens is 264 g/mol. The van der Waals surface area contributed by atoms with Crippen LogP contribution >= 0.6 is 0 Å². The molecule has 110 valence electrons. The topological polar surface area (TPSA) is 50.5 Å². The van der Waals surface area contributed by atoms with Crippen molar-refractivity contribution >= 4 is 11.6 Å². The first-order valence-corrected chi connectivity index (χ1v) is 7.34. The van der Waals surface area contributed by atoms with E-state index in [-0.39, 0.29) is 5.91 Å². The molecule has 0 atom stereocenters. The van der Waals surface area contributed by atoms with Gasteiger partial charge < -0.3 is 4.90 Å². The van der Waals surface area contributed by atoms with E-state index in [1.807, 2.05) is 22.4 Å². The van der Waals surface area contributed by atoms with Crippen molar-refractivity contribution < 1.29 is 4.79 Å². The van der Waals surface area contributed by atoms with Gasteiger partial charge in [0, 0.05) is 36.5 Å². The Morgan fingerprint density at radius 3 is 2.71 bits per heavy atom. The lowest BCUT2D eigenvalue weighted by molar-refractivity contribution is -0.127. The zero-order chi connectivity index (χ0) is 15.0. The monoisotopic (exact) mass is 284 g/mol. The van der Waals surface area contributed by atoms with Gasteiger partial charge in [-0.3, -0.25) is 4.79 Å². The molecule has 1 saturated heterocycles. The van der Waals surface area contributed by atoms with E-state index >= 15 is 0 Å². The van der Waals surface area contributed by atoms with E-state index in [0.29, 0.717) is 5.92 Å². The smallest absolute Gasteiger partial charge is 0.245 e. The van der Waals surface area contributed by atoms with Gasteiger partial charge in [0.15, 0.2) is 5.65 Å². The summed E-state index contributed by atoms with van der Waals surface area (Å²) in [6, 6.07) is 4.13. The number of amides is 1. The number of hydrogen-bond donors (Lipinski definition) is 0. The molecule has 0 unspecified atom stereocenters. The number of carbonyl (C=O) groups is 1. The van der Waals surface area contributed by atoms with Crippen LogP contribution in [0.1, 0.15) is 35.8 Å². The van der Waals surface area contributed by atoms with E-state index in [1.165, 1.54) is 6.08 Å². The van der Waals surface area contributed by atoms with Crippen LogP contribution < -0.4 is 0 Å². The molecule has 1 amide bonds. The minimum absolute atomic E-state index is 0.0273. The van der Waals surface area contributed by atoms with Crippen LogP contribution in [0.4, 0.5) is 0 Å². The number of hydrogen-bond acceptors (Lipinski definition) is 3. The van der Waals surface area contributed by atoms with Crippen LogP contribution in [0, 0.1) is 13.8 Å². The molecule has 0 aromatic carbocycles. The molecule has 2 aromatic rings. The summed E-state index contributed by atoms with van der Waals surface area (Å²) in [6.45, 7) is 9.14. The molecule has 1 fully saturated rings. The highest BCUT2D eigenvalue weighted by Crippen LogP contribution is 2.27. The van der Waals surface area contributed by atoms with Gasteiger partial charge in [-0.1, -0.05) is 6.58 Å². The van der Waals surface area contributed by atoms with Crippen molar-refractivity contribution in [3.05, 3.63) is 41.9 Å². The molecule has 0 bridgehead atoms. The van der Waals surface area contributed by atoms with Crippen LogP contribution in [0.25, 0.3) is 5.65 Å². The van der Waals surface area contributed by atoms with Crippen LogP contribution in [0.2, 0.25) is 0 Å². The summed E-state index contributed by atoms with van der Waals surface area (Å²) >= 11 is 0. The lowest BCUT2D eigenvalue weighted by Crippen LogP contribution is -2.37. The van der Waals surface area contributed by atoms with Crippen molar-refractivity contribution in [2.45, 2.75) is 32.6 Å². The summed E-state index contributed by atoms with van der Waals surface area (Å²) in [5.74, 6) is 0.442. The summed E-state index contributed by atoms with van der Waals surface area (Å²) < 4.78 is 1.88. The first kappa shape index (κ1) is 13.8. The minimum Gasteiger partial charge on any atom is -0.339 e. The van der Waals surface area contributed by atoms with Crippen LogP contribution in [-0.2, 0) is 4.79 Å². The average Bonchev–Trinajstić information content (AvgIpc) is 2.87. The van der Waals surface area contributed by atoms with Crippen molar-refractivity contribution in [1.29, 1.82) is 0 Å². The SMILES string of the molecule is C=CC(=O)N1CCC(c2cc(C)n3nc(C)cc3n2)CC1. The molecule has 2 aromatic heterocycles. The number of likely N-dealkylation sites (tertiary alicyclic amines) is 1. The minimum atomic E-state index is 0.0273. The highest BCUT2D eigenvalue weighted by atomic mass is 16.2. The Morgan fingerprint density at radius 1 is 1.33 bits per heavy atom. The lowest BCUT2D eigenvalue weighted by atomic mass is 9.93. The summed E-state index contributed by atoms with van der Waals surface area (Å²) in [5, 5.41) is 4.44. The maximum absolute atomic E-state index is 11.6. The number of aryl methyl sites for hydroxylation is 2. The summed E-state index contributed by atoms with van der Waals surface area (Å²) in [4.78, 5) is 18.2. The molecule has 0 aliphatic carbocycles. The molecule has 5 heteroatoms. The van der Waals surface area contributed by atoms with Crippen LogP contribution in [0.15, 0.2) is 24.8 Å². The molecule has 0 saturated carbocycles. The Kier molecular flexibility index (Phi) is 3.49. The Morgan fingerprint density at radius 2 is 2.05 bits per heavy atom. The third-order valence-electron chi connectivity index (χ3n) is 4.15. The van der Waals surface area contributed by atoms with Gasteiger partial charge in [-0.25, -0.2) is 9.50 Å². The Labute approximate surface area is 124 Å². The Hall–Kier alpha value is -2.17. The fourth-order valence-corrected chi connectivity index (χ4v) is 3.00. The van der Waals surface area contributed by atoms with Crippen LogP contribution in [0.5, 0.6) is 0 Å². The summed E-state index contributed by atoms with van der Waals surface area (Å²) in [5.41, 5.74) is 4.11. The number of fused-ring (bicyclic) bond motifs is 1. The van der Waals surface area contributed by atoms with E-state index < -0.39 is 0 Å². The number of aromatic nitrogens is 3. The first-order chi connectivity index (χ1) is 10.1. The van der Waals surface area contributed by atoms with E-state index in [0.717, 1.165) is 48.7 Å². The Balaban J connectivity index is 1.82. The molecule has 3 heterocycles. The Bertz CT molecular complexity index is 696. The highest BCUT2D eigenvalue weighted by Gasteiger charge is 2.24. The van der Waals surface area contributed by atoms with Crippen molar-refractivity contribution in [3.8, 4) is 0 Å². The van der Waals surface area contributed by atoms with Crippen molar-refractivity contribution in [1.82, 2.24) is 19.5 Å². The number of nitrogens with zero attached hydrogens (tertiary/aromatic N) is 4. The third-order valence-corrected chi connectivity index (χ3v) is 4.15.